The molecule has 4 rings (SSSR count). The van der Waals surface area contributed by atoms with Crippen molar-refractivity contribution in [2.24, 2.45) is 0 Å². The number of anilines is 1. The summed E-state index contributed by atoms with van der Waals surface area (Å²) in [5.41, 5.74) is 2.12. The molecule has 0 aliphatic rings. The van der Waals surface area contributed by atoms with Gasteiger partial charge < -0.3 is 25.2 Å². The number of carbonyl (C=O) groups is 4. The van der Waals surface area contributed by atoms with Crippen LogP contribution in [0.15, 0.2) is 97.1 Å². The summed E-state index contributed by atoms with van der Waals surface area (Å²) in [4.78, 5) is 49.7. The molecule has 1 atom stereocenters. The Balaban J connectivity index is 1.24. The molecule has 0 spiro atoms. The van der Waals surface area contributed by atoms with E-state index in [0.29, 0.717) is 34.7 Å². The Labute approximate surface area is 279 Å². The van der Waals surface area contributed by atoms with Crippen LogP contribution in [0.1, 0.15) is 70.9 Å². The van der Waals surface area contributed by atoms with E-state index in [4.69, 9.17) is 9.47 Å². The Morgan fingerprint density at radius 1 is 0.771 bits per heavy atom. The van der Waals surface area contributed by atoms with Crippen LogP contribution < -0.4 is 20.1 Å². The summed E-state index contributed by atoms with van der Waals surface area (Å²) in [7, 11) is 0. The number of carboxylic acids is 1. The maximum atomic E-state index is 13.4. The van der Waals surface area contributed by atoms with Gasteiger partial charge in [0.15, 0.2) is 0 Å². The molecular formula is C38H39FN2O7. The van der Waals surface area contributed by atoms with Gasteiger partial charge in [-0.05, 0) is 90.3 Å². The van der Waals surface area contributed by atoms with Crippen LogP contribution in [0.4, 0.5) is 10.1 Å². The lowest BCUT2D eigenvalue weighted by Crippen LogP contribution is -2.42. The number of rotatable bonds is 17. The number of carbonyl (C=O) groups excluding carboxylic acids is 3. The first kappa shape index (κ1) is 35.3. The predicted octanol–water partition coefficient (Wildman–Crippen LogP) is 7.00. The number of unbranched alkanes of at least 4 members (excludes halogenated alkanes) is 4. The summed E-state index contributed by atoms with van der Waals surface area (Å²) < 4.78 is 24.6. The highest BCUT2D eigenvalue weighted by Crippen LogP contribution is 2.19. The molecule has 250 valence electrons. The van der Waals surface area contributed by atoms with Crippen molar-refractivity contribution in [3.8, 4) is 11.5 Å². The van der Waals surface area contributed by atoms with Crippen molar-refractivity contribution < 1.29 is 38.1 Å². The molecule has 0 saturated carbocycles. The zero-order chi connectivity index (χ0) is 34.3. The zero-order valence-corrected chi connectivity index (χ0v) is 26.7. The van der Waals surface area contributed by atoms with E-state index in [9.17, 15) is 28.7 Å². The number of hydrogen-bond donors (Lipinski definition) is 3. The number of hydrogen-bond acceptors (Lipinski definition) is 6. The van der Waals surface area contributed by atoms with E-state index < -0.39 is 29.7 Å². The van der Waals surface area contributed by atoms with Crippen LogP contribution in [0.25, 0.3) is 0 Å². The monoisotopic (exact) mass is 654 g/mol. The van der Waals surface area contributed by atoms with Gasteiger partial charge >= 0.3 is 11.9 Å². The maximum Gasteiger partial charge on any atom is 0.343 e. The van der Waals surface area contributed by atoms with E-state index in [1.807, 2.05) is 0 Å². The van der Waals surface area contributed by atoms with E-state index in [2.05, 4.69) is 17.6 Å². The Morgan fingerprint density at radius 3 is 2.10 bits per heavy atom. The van der Waals surface area contributed by atoms with Crippen LogP contribution >= 0.6 is 0 Å². The highest BCUT2D eigenvalue weighted by molar-refractivity contribution is 5.98. The molecule has 0 radical (unpaired) electrons. The normalized spacial score (nSPS) is 11.3. The average molecular weight is 655 g/mol. The Hall–Kier alpha value is -5.51. The fourth-order valence-electron chi connectivity index (χ4n) is 4.86. The summed E-state index contributed by atoms with van der Waals surface area (Å²) in [6.45, 7) is 2.80. The number of amides is 2. The number of aliphatic carboxylic acids is 1. The number of carboxylic acid groups (broad SMARTS) is 1. The summed E-state index contributed by atoms with van der Waals surface area (Å²) >= 11 is 0. The molecule has 0 fully saturated rings. The summed E-state index contributed by atoms with van der Waals surface area (Å²) in [5, 5.41) is 15.0. The van der Waals surface area contributed by atoms with Crippen molar-refractivity contribution in [3.05, 3.63) is 125 Å². The third-order valence-electron chi connectivity index (χ3n) is 7.47. The molecule has 0 aliphatic heterocycles. The van der Waals surface area contributed by atoms with Crippen molar-refractivity contribution in [1.82, 2.24) is 5.32 Å². The third kappa shape index (κ3) is 11.4. The molecule has 4 aromatic carbocycles. The fourth-order valence-corrected chi connectivity index (χ4v) is 4.86. The van der Waals surface area contributed by atoms with Crippen LogP contribution in [0, 0.1) is 5.82 Å². The fraction of sp³-hybridized carbons (Fsp3) is 0.263. The van der Waals surface area contributed by atoms with Gasteiger partial charge in [0.1, 0.15) is 23.4 Å². The molecule has 0 saturated heterocycles. The topological polar surface area (TPSA) is 131 Å². The van der Waals surface area contributed by atoms with Crippen molar-refractivity contribution >= 4 is 29.4 Å². The largest absolute Gasteiger partial charge is 0.494 e. The van der Waals surface area contributed by atoms with Crippen molar-refractivity contribution in [1.29, 1.82) is 0 Å². The van der Waals surface area contributed by atoms with Crippen LogP contribution in [0.3, 0.4) is 0 Å². The predicted molar refractivity (Wildman–Crippen MR) is 180 cm³/mol. The highest BCUT2D eigenvalue weighted by Gasteiger charge is 2.21. The minimum atomic E-state index is -1.23. The lowest BCUT2D eigenvalue weighted by atomic mass is 10.0. The second-order valence-electron chi connectivity index (χ2n) is 11.3. The van der Waals surface area contributed by atoms with Crippen molar-refractivity contribution in [2.75, 3.05) is 11.9 Å². The molecule has 10 heteroatoms. The van der Waals surface area contributed by atoms with Gasteiger partial charge in [-0.15, -0.1) is 0 Å². The van der Waals surface area contributed by atoms with Gasteiger partial charge in [-0.3, -0.25) is 9.59 Å². The maximum absolute atomic E-state index is 13.4. The van der Waals surface area contributed by atoms with Gasteiger partial charge in [0.05, 0.1) is 18.6 Å². The van der Waals surface area contributed by atoms with Crippen LogP contribution in [0.5, 0.6) is 11.5 Å². The van der Waals surface area contributed by atoms with Crippen LogP contribution in [-0.2, 0) is 22.4 Å². The van der Waals surface area contributed by atoms with Crippen molar-refractivity contribution in [2.45, 2.75) is 57.9 Å². The van der Waals surface area contributed by atoms with E-state index >= 15 is 0 Å². The first-order chi connectivity index (χ1) is 23.2. The number of halogens is 1. The van der Waals surface area contributed by atoms with E-state index in [1.165, 1.54) is 61.7 Å². The smallest absolute Gasteiger partial charge is 0.343 e. The lowest BCUT2D eigenvalue weighted by molar-refractivity contribution is -0.139. The first-order valence-corrected chi connectivity index (χ1v) is 15.9. The minimum absolute atomic E-state index is 0.0103. The second-order valence-corrected chi connectivity index (χ2v) is 11.3. The molecule has 9 nitrogen and oxygen atoms in total. The quantitative estimate of drug-likeness (QED) is 0.0635. The molecule has 1 unspecified atom stereocenters. The van der Waals surface area contributed by atoms with Crippen LogP contribution in [0.2, 0.25) is 0 Å². The van der Waals surface area contributed by atoms with Gasteiger partial charge in [-0.2, -0.15) is 0 Å². The van der Waals surface area contributed by atoms with E-state index in [-0.39, 0.29) is 30.1 Å². The Kier molecular flexibility index (Phi) is 13.2. The number of nitrogens with one attached hydrogen (secondary N) is 2. The van der Waals surface area contributed by atoms with Gasteiger partial charge in [-0.1, -0.05) is 56.9 Å². The molecule has 0 bridgehead atoms. The molecule has 2 amide bonds. The summed E-state index contributed by atoms with van der Waals surface area (Å²) in [6.07, 6.45) is 5.70. The number of esters is 1. The van der Waals surface area contributed by atoms with Crippen molar-refractivity contribution in [3.63, 3.8) is 0 Å². The second kappa shape index (κ2) is 18.0. The Morgan fingerprint density at radius 2 is 1.44 bits per heavy atom. The van der Waals surface area contributed by atoms with Crippen LogP contribution in [-0.4, -0.2) is 41.5 Å². The van der Waals surface area contributed by atoms with E-state index in [1.54, 1.807) is 54.6 Å². The third-order valence-corrected chi connectivity index (χ3v) is 7.47. The van der Waals surface area contributed by atoms with Gasteiger partial charge in [0.25, 0.3) is 5.91 Å². The molecular weight excluding hydrogens is 615 g/mol. The highest BCUT2D eigenvalue weighted by atomic mass is 19.1. The minimum Gasteiger partial charge on any atom is -0.494 e. The molecule has 0 aliphatic carbocycles. The zero-order valence-electron chi connectivity index (χ0n) is 26.7. The molecule has 3 N–H and O–H groups in total. The van der Waals surface area contributed by atoms with Gasteiger partial charge in [-0.25, -0.2) is 14.0 Å². The number of ether oxygens (including phenoxy) is 2. The van der Waals surface area contributed by atoms with E-state index in [0.717, 1.165) is 12.8 Å². The molecule has 4 aromatic rings. The number of benzene rings is 4. The standard InChI is InChI=1S/C38H39FN2O7/c1-2-3-4-5-6-22-47-32-20-14-29(15-21-32)38(46)48-33-18-10-26(11-19-33)24-34(37(44)45)41-36(43)28-12-16-31(17-13-28)40-35(42)25-27-8-7-9-30(39)23-27/h7-21,23,34H,2-6,22,24-25H2,1H3,(H,40,42)(H,41,43)(H,44,45). The lowest BCUT2D eigenvalue weighted by Gasteiger charge is -2.15. The summed E-state index contributed by atoms with van der Waals surface area (Å²) in [5.74, 6) is -2.17. The Bertz CT molecular complexity index is 1670. The van der Waals surface area contributed by atoms with Gasteiger partial charge in [0.2, 0.25) is 5.91 Å². The molecule has 0 aromatic heterocycles. The summed E-state index contributed by atoms with van der Waals surface area (Å²) in [6, 6.07) is 23.6. The molecule has 0 heterocycles. The SMILES string of the molecule is CCCCCCCOc1ccc(C(=O)Oc2ccc(CC(NC(=O)c3ccc(NC(=O)Cc4cccc(F)c4)cc3)C(=O)O)cc2)cc1. The van der Waals surface area contributed by atoms with Gasteiger partial charge in [0, 0.05) is 17.7 Å². The average Bonchev–Trinajstić information content (AvgIpc) is 3.07. The molecule has 48 heavy (non-hydrogen) atoms. The first-order valence-electron chi connectivity index (χ1n) is 15.9.